The molecule has 15 nitrogen and oxygen atoms in total. The predicted molar refractivity (Wildman–Crippen MR) is 95.3 cm³/mol. The molecule has 3 saturated heterocycles. The number of rotatable bonds is 8. The summed E-state index contributed by atoms with van der Waals surface area (Å²) in [7, 11) is 0. The van der Waals surface area contributed by atoms with Gasteiger partial charge in [-0.1, -0.05) is 0 Å². The molecule has 0 bridgehead atoms. The lowest BCUT2D eigenvalue weighted by Crippen LogP contribution is -2.59. The van der Waals surface area contributed by atoms with E-state index >= 15 is 0 Å². The van der Waals surface area contributed by atoms with E-state index in [2.05, 4.69) is 0 Å². The van der Waals surface area contributed by atoms with Crippen LogP contribution in [0.4, 0.5) is 0 Å². The first-order valence-electron chi connectivity index (χ1n) is 9.94. The molecule has 10 N–H and O–H groups in total. The lowest BCUT2D eigenvalue weighted by atomic mass is 10.0. The third-order valence-electron chi connectivity index (χ3n) is 5.89. The van der Waals surface area contributed by atoms with Crippen LogP contribution in [0.5, 0.6) is 0 Å². The third-order valence-corrected chi connectivity index (χ3v) is 5.89. The standard InChI is InChI=1S/C17H30O15/c18-1-7-10(23)13(26)16(4-19,30-7)29-3-8-11(24)14(27)17(5-20,31-8)32-15-12(25)9(22)6(21)2-28-15/h6-15,18-27H,1-5H2/t6-,7-,8-,9+,10-,11-,12-,13+,14+,15-,16-,17+/m1/s1. The molecule has 0 spiro atoms. The molecule has 0 aromatic rings. The zero-order chi connectivity index (χ0) is 23.8. The maximum atomic E-state index is 10.4. The Morgan fingerprint density at radius 3 is 1.84 bits per heavy atom. The Balaban J connectivity index is 1.69. The van der Waals surface area contributed by atoms with Crippen LogP contribution in [-0.4, -0.2) is 157 Å². The van der Waals surface area contributed by atoms with Gasteiger partial charge in [0.1, 0.15) is 68.1 Å². The van der Waals surface area contributed by atoms with Crippen molar-refractivity contribution in [2.45, 2.75) is 72.8 Å². The SMILES string of the molecule is OC[C@H]1O[C@@](CO)(OC[C@H]2O[C@@](CO)(O[C@H]3OC[C@@H](O)[C@H](O)[C@H]3O)[C@@H](O)[C@@H]2O)[C@@H](O)[C@@H]1O. The van der Waals surface area contributed by atoms with E-state index < -0.39 is 106 Å². The van der Waals surface area contributed by atoms with E-state index in [1.54, 1.807) is 0 Å². The molecule has 3 fully saturated rings. The molecule has 3 rings (SSSR count). The molecular formula is C17H30O15. The molecule has 0 saturated carbocycles. The van der Waals surface area contributed by atoms with Crippen LogP contribution in [0.2, 0.25) is 0 Å². The topological polar surface area (TPSA) is 248 Å². The van der Waals surface area contributed by atoms with Crippen molar-refractivity contribution in [1.29, 1.82) is 0 Å². The Morgan fingerprint density at radius 1 is 0.719 bits per heavy atom. The average molecular weight is 474 g/mol. The lowest BCUT2D eigenvalue weighted by molar-refractivity contribution is -0.373. The molecule has 0 aromatic heterocycles. The van der Waals surface area contributed by atoms with Crippen molar-refractivity contribution in [2.24, 2.45) is 0 Å². The van der Waals surface area contributed by atoms with Crippen LogP contribution >= 0.6 is 0 Å². The molecule has 3 heterocycles. The second-order valence-corrected chi connectivity index (χ2v) is 7.99. The zero-order valence-corrected chi connectivity index (χ0v) is 16.8. The minimum Gasteiger partial charge on any atom is -0.394 e. The van der Waals surface area contributed by atoms with Crippen molar-refractivity contribution in [3.63, 3.8) is 0 Å². The zero-order valence-electron chi connectivity index (χ0n) is 16.8. The van der Waals surface area contributed by atoms with Gasteiger partial charge in [0.05, 0.1) is 19.8 Å². The molecule has 0 unspecified atom stereocenters. The summed E-state index contributed by atoms with van der Waals surface area (Å²) in [4.78, 5) is 0. The molecule has 32 heavy (non-hydrogen) atoms. The van der Waals surface area contributed by atoms with Gasteiger partial charge in [0.2, 0.25) is 11.6 Å². The fraction of sp³-hybridized carbons (Fsp3) is 1.00. The molecule has 0 amide bonds. The number of hydrogen-bond acceptors (Lipinski definition) is 15. The maximum Gasteiger partial charge on any atom is 0.224 e. The smallest absolute Gasteiger partial charge is 0.224 e. The number of aliphatic hydroxyl groups excluding tert-OH is 10. The highest BCUT2D eigenvalue weighted by Crippen LogP contribution is 2.37. The van der Waals surface area contributed by atoms with Gasteiger partial charge in [-0.2, -0.15) is 0 Å². The monoisotopic (exact) mass is 474 g/mol. The van der Waals surface area contributed by atoms with Crippen LogP contribution in [0.3, 0.4) is 0 Å². The summed E-state index contributed by atoms with van der Waals surface area (Å²) in [5.41, 5.74) is 0. The Morgan fingerprint density at radius 2 is 1.28 bits per heavy atom. The van der Waals surface area contributed by atoms with E-state index in [0.29, 0.717) is 0 Å². The third kappa shape index (κ3) is 4.40. The van der Waals surface area contributed by atoms with E-state index in [-0.39, 0.29) is 0 Å². The normalized spacial score (nSPS) is 51.9. The van der Waals surface area contributed by atoms with Crippen LogP contribution in [0.25, 0.3) is 0 Å². The number of aliphatic hydroxyl groups is 10. The van der Waals surface area contributed by atoms with Crippen LogP contribution < -0.4 is 0 Å². The summed E-state index contributed by atoms with van der Waals surface area (Å²) in [5, 5.41) is 98.8. The van der Waals surface area contributed by atoms with Crippen LogP contribution in [0.1, 0.15) is 0 Å². The van der Waals surface area contributed by atoms with Gasteiger partial charge >= 0.3 is 0 Å². The van der Waals surface area contributed by atoms with Crippen molar-refractivity contribution in [1.82, 2.24) is 0 Å². The summed E-state index contributed by atoms with van der Waals surface area (Å²) < 4.78 is 26.4. The van der Waals surface area contributed by atoms with E-state index in [4.69, 9.17) is 23.7 Å². The van der Waals surface area contributed by atoms with Gasteiger partial charge in [-0.3, -0.25) is 0 Å². The van der Waals surface area contributed by atoms with Crippen molar-refractivity contribution >= 4 is 0 Å². The molecule has 12 atom stereocenters. The van der Waals surface area contributed by atoms with E-state index in [1.807, 2.05) is 0 Å². The summed E-state index contributed by atoms with van der Waals surface area (Å²) in [6, 6.07) is 0. The van der Waals surface area contributed by atoms with Gasteiger partial charge in [-0.05, 0) is 0 Å². The summed E-state index contributed by atoms with van der Waals surface area (Å²) in [6.45, 7) is -3.75. The van der Waals surface area contributed by atoms with Gasteiger partial charge < -0.3 is 74.7 Å². The molecule has 0 aliphatic carbocycles. The van der Waals surface area contributed by atoms with Crippen LogP contribution in [0, 0.1) is 0 Å². The average Bonchev–Trinajstić information content (AvgIpc) is 3.18. The highest BCUT2D eigenvalue weighted by molar-refractivity contribution is 5.00. The van der Waals surface area contributed by atoms with Crippen molar-refractivity contribution in [3.8, 4) is 0 Å². The number of hydrogen-bond donors (Lipinski definition) is 10. The van der Waals surface area contributed by atoms with E-state index in [1.165, 1.54) is 0 Å². The second kappa shape index (κ2) is 9.95. The van der Waals surface area contributed by atoms with E-state index in [0.717, 1.165) is 0 Å². The number of ether oxygens (including phenoxy) is 5. The van der Waals surface area contributed by atoms with Gasteiger partial charge in [0.25, 0.3) is 0 Å². The largest absolute Gasteiger partial charge is 0.394 e. The van der Waals surface area contributed by atoms with Crippen LogP contribution in [0.15, 0.2) is 0 Å². The van der Waals surface area contributed by atoms with Gasteiger partial charge in [-0.15, -0.1) is 0 Å². The quantitative estimate of drug-likeness (QED) is 0.157. The highest BCUT2D eigenvalue weighted by atomic mass is 16.8. The Hall–Kier alpha value is -0.600. The summed E-state index contributed by atoms with van der Waals surface area (Å²) >= 11 is 0. The summed E-state index contributed by atoms with van der Waals surface area (Å²) in [6.07, 6.45) is -16.2. The van der Waals surface area contributed by atoms with Crippen molar-refractivity contribution < 1.29 is 74.7 Å². The minimum absolute atomic E-state index is 0.432. The fourth-order valence-electron chi connectivity index (χ4n) is 3.86. The first-order valence-corrected chi connectivity index (χ1v) is 9.94. The highest BCUT2D eigenvalue weighted by Gasteiger charge is 2.60. The molecule has 3 aliphatic rings. The fourth-order valence-corrected chi connectivity index (χ4v) is 3.86. The van der Waals surface area contributed by atoms with Gasteiger partial charge in [-0.25, -0.2) is 0 Å². The minimum atomic E-state index is -2.34. The Kier molecular flexibility index (Phi) is 8.08. The molecule has 0 aromatic carbocycles. The second-order valence-electron chi connectivity index (χ2n) is 7.99. The van der Waals surface area contributed by atoms with Crippen molar-refractivity contribution in [3.05, 3.63) is 0 Å². The maximum absolute atomic E-state index is 10.4. The summed E-state index contributed by atoms with van der Waals surface area (Å²) in [5.74, 6) is -4.51. The first kappa shape index (κ1) is 26.0. The first-order chi connectivity index (χ1) is 15.1. The van der Waals surface area contributed by atoms with Gasteiger partial charge in [0, 0.05) is 0 Å². The molecule has 3 aliphatic heterocycles. The Labute approximate surface area is 181 Å². The predicted octanol–water partition coefficient (Wildman–Crippen LogP) is -6.93. The van der Waals surface area contributed by atoms with E-state index in [9.17, 15) is 51.1 Å². The molecule has 15 heteroatoms. The van der Waals surface area contributed by atoms with Gasteiger partial charge in [0.15, 0.2) is 6.29 Å². The van der Waals surface area contributed by atoms with Crippen molar-refractivity contribution in [2.75, 3.05) is 33.0 Å². The molecule has 0 radical (unpaired) electrons. The molecular weight excluding hydrogens is 444 g/mol. The van der Waals surface area contributed by atoms with Crippen LogP contribution in [-0.2, 0) is 23.7 Å². The lowest BCUT2D eigenvalue weighted by Gasteiger charge is -2.40. The molecule has 188 valence electrons. The Bertz CT molecular complexity index is 625.